The molecule has 1 aromatic carbocycles. The van der Waals surface area contributed by atoms with Crippen LogP contribution in [-0.4, -0.2) is 73.0 Å². The number of ether oxygens (including phenoxy) is 2. The lowest BCUT2D eigenvalue weighted by atomic mass is 9.75. The number of nitrogens with zero attached hydrogens (tertiary/aromatic N) is 2. The second kappa shape index (κ2) is 13.0. The highest BCUT2D eigenvalue weighted by Gasteiger charge is 2.39. The van der Waals surface area contributed by atoms with Crippen molar-refractivity contribution in [2.75, 3.05) is 38.7 Å². The van der Waals surface area contributed by atoms with Crippen LogP contribution in [0.2, 0.25) is 0 Å². The van der Waals surface area contributed by atoms with Crippen LogP contribution in [0.15, 0.2) is 24.3 Å². The molecule has 210 valence electrons. The summed E-state index contributed by atoms with van der Waals surface area (Å²) in [5.74, 6) is 2.16. The van der Waals surface area contributed by atoms with Crippen molar-refractivity contribution in [1.29, 1.82) is 0 Å². The molecule has 3 amide bonds. The summed E-state index contributed by atoms with van der Waals surface area (Å²) >= 11 is 0. The molecule has 8 heteroatoms. The summed E-state index contributed by atoms with van der Waals surface area (Å²) in [6.07, 6.45) is 6.25. The molecule has 0 radical (unpaired) electrons. The lowest BCUT2D eigenvalue weighted by Crippen LogP contribution is -2.51. The predicted molar refractivity (Wildman–Crippen MR) is 147 cm³/mol. The van der Waals surface area contributed by atoms with Crippen molar-refractivity contribution in [3.63, 3.8) is 0 Å². The average molecular weight is 528 g/mol. The monoisotopic (exact) mass is 527 g/mol. The minimum atomic E-state index is -0.415. The molecule has 3 fully saturated rings. The van der Waals surface area contributed by atoms with E-state index in [9.17, 15) is 14.4 Å². The molecule has 1 saturated carbocycles. The zero-order valence-corrected chi connectivity index (χ0v) is 23.5. The van der Waals surface area contributed by atoms with Crippen LogP contribution in [0.4, 0.5) is 5.69 Å². The molecule has 0 aromatic heterocycles. The van der Waals surface area contributed by atoms with Crippen molar-refractivity contribution in [3.8, 4) is 5.75 Å². The number of benzene rings is 1. The fourth-order valence-corrected chi connectivity index (χ4v) is 6.38. The first-order chi connectivity index (χ1) is 18.3. The third-order valence-corrected chi connectivity index (χ3v) is 8.78. The van der Waals surface area contributed by atoms with Gasteiger partial charge in [0.1, 0.15) is 18.4 Å². The van der Waals surface area contributed by atoms with Gasteiger partial charge in [-0.25, -0.2) is 0 Å². The minimum absolute atomic E-state index is 0.0104. The van der Waals surface area contributed by atoms with E-state index >= 15 is 0 Å². The first-order valence-electron chi connectivity index (χ1n) is 14.4. The highest BCUT2D eigenvalue weighted by atomic mass is 16.5. The van der Waals surface area contributed by atoms with Crippen molar-refractivity contribution < 1.29 is 23.9 Å². The quantitative estimate of drug-likeness (QED) is 0.543. The molecule has 1 aliphatic carbocycles. The Morgan fingerprint density at radius 2 is 1.71 bits per heavy atom. The molecule has 2 heterocycles. The van der Waals surface area contributed by atoms with Gasteiger partial charge in [0.2, 0.25) is 17.7 Å². The summed E-state index contributed by atoms with van der Waals surface area (Å²) in [5.41, 5.74) is 0.735. The highest BCUT2D eigenvalue weighted by Crippen LogP contribution is 2.35. The van der Waals surface area contributed by atoms with Crippen LogP contribution in [0.1, 0.15) is 65.7 Å². The summed E-state index contributed by atoms with van der Waals surface area (Å²) in [6, 6.07) is 6.86. The van der Waals surface area contributed by atoms with Crippen molar-refractivity contribution in [3.05, 3.63) is 24.3 Å². The Morgan fingerprint density at radius 1 is 1.00 bits per heavy atom. The van der Waals surface area contributed by atoms with Crippen LogP contribution in [0.5, 0.6) is 5.75 Å². The third kappa shape index (κ3) is 6.87. The molecule has 1 aromatic rings. The van der Waals surface area contributed by atoms with E-state index in [4.69, 9.17) is 9.47 Å². The van der Waals surface area contributed by atoms with Gasteiger partial charge < -0.3 is 24.6 Å². The van der Waals surface area contributed by atoms with Crippen LogP contribution >= 0.6 is 0 Å². The van der Waals surface area contributed by atoms with Crippen molar-refractivity contribution in [2.24, 2.45) is 23.7 Å². The molecule has 38 heavy (non-hydrogen) atoms. The molecule has 4 rings (SSSR count). The minimum Gasteiger partial charge on any atom is -0.497 e. The van der Waals surface area contributed by atoms with Gasteiger partial charge in [-0.05, 0) is 80.5 Å². The zero-order valence-electron chi connectivity index (χ0n) is 23.5. The Labute approximate surface area is 227 Å². The van der Waals surface area contributed by atoms with Gasteiger partial charge >= 0.3 is 0 Å². The number of likely N-dealkylation sites (tertiary alicyclic amines) is 2. The Kier molecular flexibility index (Phi) is 9.69. The normalized spacial score (nSPS) is 26.4. The second-order valence-corrected chi connectivity index (χ2v) is 11.7. The zero-order chi connectivity index (χ0) is 27.2. The number of piperidine rings is 1. The molecular formula is C30H45N3O5. The van der Waals surface area contributed by atoms with E-state index in [1.165, 1.54) is 6.42 Å². The van der Waals surface area contributed by atoms with E-state index in [0.717, 1.165) is 30.7 Å². The molecule has 2 aliphatic heterocycles. The standard InChI is InChI=1S/C30H45N3O5/c1-20(2)25-12-7-21(3)18-27(25)38-19-28(34)33-15-5-6-26(33)30(36)32-16-13-22(14-17-32)29(35)31-23-8-10-24(37-4)11-9-23/h8-11,20-22,25-27H,5-7,12-19H2,1-4H3,(H,31,35)/t21-,25+,26-,27?/m0/s1. The maximum absolute atomic E-state index is 13.4. The molecule has 1 unspecified atom stereocenters. The Balaban J connectivity index is 1.26. The first kappa shape index (κ1) is 28.4. The lowest BCUT2D eigenvalue weighted by Gasteiger charge is -2.38. The number of nitrogens with one attached hydrogen (secondary N) is 1. The van der Waals surface area contributed by atoms with E-state index in [2.05, 4.69) is 26.1 Å². The Morgan fingerprint density at radius 3 is 2.37 bits per heavy atom. The lowest BCUT2D eigenvalue weighted by molar-refractivity contribution is -0.150. The molecule has 4 atom stereocenters. The van der Waals surface area contributed by atoms with Gasteiger partial charge in [-0.2, -0.15) is 0 Å². The number of carbonyl (C=O) groups is 3. The predicted octanol–water partition coefficient (Wildman–Crippen LogP) is 4.34. The second-order valence-electron chi connectivity index (χ2n) is 11.7. The van der Waals surface area contributed by atoms with E-state index < -0.39 is 6.04 Å². The van der Waals surface area contributed by atoms with Crippen LogP contribution < -0.4 is 10.1 Å². The van der Waals surface area contributed by atoms with E-state index in [1.807, 2.05) is 29.2 Å². The molecular weight excluding hydrogens is 482 g/mol. The molecule has 0 spiro atoms. The van der Waals surface area contributed by atoms with Gasteiger partial charge in [-0.3, -0.25) is 14.4 Å². The fraction of sp³-hybridized carbons (Fsp3) is 0.700. The van der Waals surface area contributed by atoms with Gasteiger partial charge in [-0.1, -0.05) is 27.2 Å². The van der Waals surface area contributed by atoms with Crippen molar-refractivity contribution >= 4 is 23.4 Å². The molecule has 1 N–H and O–H groups in total. The van der Waals surface area contributed by atoms with Gasteiger partial charge in [-0.15, -0.1) is 0 Å². The smallest absolute Gasteiger partial charge is 0.249 e. The Hall–Kier alpha value is -2.61. The highest BCUT2D eigenvalue weighted by molar-refractivity contribution is 5.93. The number of rotatable bonds is 8. The van der Waals surface area contributed by atoms with Gasteiger partial charge in [0.15, 0.2) is 0 Å². The van der Waals surface area contributed by atoms with Crippen LogP contribution in [0.25, 0.3) is 0 Å². The first-order valence-corrected chi connectivity index (χ1v) is 14.4. The number of anilines is 1. The van der Waals surface area contributed by atoms with Crippen LogP contribution in [0, 0.1) is 23.7 Å². The molecule has 3 aliphatic rings. The summed E-state index contributed by atoms with van der Waals surface area (Å²) < 4.78 is 11.4. The average Bonchev–Trinajstić information content (AvgIpc) is 3.42. The number of amides is 3. The number of carbonyl (C=O) groups excluding carboxylic acids is 3. The van der Waals surface area contributed by atoms with Gasteiger partial charge in [0.25, 0.3) is 0 Å². The summed E-state index contributed by atoms with van der Waals surface area (Å²) in [4.78, 5) is 42.9. The van der Waals surface area contributed by atoms with Gasteiger partial charge in [0, 0.05) is 31.2 Å². The number of methoxy groups -OCH3 is 1. The maximum atomic E-state index is 13.4. The number of hydrogen-bond acceptors (Lipinski definition) is 5. The van der Waals surface area contributed by atoms with E-state index in [1.54, 1.807) is 12.0 Å². The molecule has 8 nitrogen and oxygen atoms in total. The van der Waals surface area contributed by atoms with E-state index in [0.29, 0.717) is 56.7 Å². The SMILES string of the molecule is COc1ccc(NC(=O)C2CCN(C(=O)[C@@H]3CCCN3C(=O)COC3C[C@@H](C)CC[C@@H]3C(C)C)CC2)cc1. The van der Waals surface area contributed by atoms with Crippen LogP contribution in [0.3, 0.4) is 0 Å². The number of hydrogen-bond donors (Lipinski definition) is 1. The summed E-state index contributed by atoms with van der Waals surface area (Å²) in [5, 5.41) is 2.97. The summed E-state index contributed by atoms with van der Waals surface area (Å²) in [7, 11) is 1.61. The maximum Gasteiger partial charge on any atom is 0.249 e. The topological polar surface area (TPSA) is 88.2 Å². The molecule has 2 saturated heterocycles. The molecule has 0 bridgehead atoms. The summed E-state index contributed by atoms with van der Waals surface area (Å²) in [6.45, 7) is 8.46. The van der Waals surface area contributed by atoms with Crippen LogP contribution in [-0.2, 0) is 19.1 Å². The Bertz CT molecular complexity index is 957. The van der Waals surface area contributed by atoms with Crippen molar-refractivity contribution in [1.82, 2.24) is 9.80 Å². The fourth-order valence-electron chi connectivity index (χ4n) is 6.38. The van der Waals surface area contributed by atoms with Crippen molar-refractivity contribution in [2.45, 2.75) is 77.9 Å². The largest absolute Gasteiger partial charge is 0.497 e. The van der Waals surface area contributed by atoms with E-state index in [-0.39, 0.29) is 36.4 Å². The van der Waals surface area contributed by atoms with Gasteiger partial charge in [0.05, 0.1) is 13.2 Å². The third-order valence-electron chi connectivity index (χ3n) is 8.78.